The smallest absolute Gasteiger partial charge is 0.247 e. The van der Waals surface area contributed by atoms with Gasteiger partial charge in [0.25, 0.3) is 0 Å². The van der Waals surface area contributed by atoms with Crippen molar-refractivity contribution in [3.05, 3.63) is 66.5 Å². The standard InChI is InChI=1S/C27H32F2N8O3/c1-6-25(38)33-20-14-21(27(39-5)34-26(20)36(4)9-8-35(2)3)32-23-15-24(31-16-30-23)37-22(7-10-40-37)17-11-18(28)13-19(29)12-17/h6,11-16,22H,1,7-10H2,2-5H3,(H,33,38)(H,30,31,32). The number of aromatic nitrogens is 3. The Morgan fingerprint density at radius 3 is 2.58 bits per heavy atom. The molecule has 3 heterocycles. The average molecular weight is 555 g/mol. The normalized spacial score (nSPS) is 14.8. The third-order valence-corrected chi connectivity index (χ3v) is 6.16. The number of methoxy groups -OCH3 is 1. The number of nitrogens with zero attached hydrogens (tertiary/aromatic N) is 6. The lowest BCUT2D eigenvalue weighted by Gasteiger charge is -2.25. The predicted molar refractivity (Wildman–Crippen MR) is 149 cm³/mol. The number of likely N-dealkylation sites (N-methyl/N-ethyl adjacent to an activating group) is 2. The van der Waals surface area contributed by atoms with Crippen LogP contribution in [0.4, 0.5) is 37.6 Å². The van der Waals surface area contributed by atoms with E-state index in [-0.39, 0.29) is 5.88 Å². The van der Waals surface area contributed by atoms with Crippen molar-refractivity contribution in [2.24, 2.45) is 0 Å². The van der Waals surface area contributed by atoms with E-state index in [1.165, 1.54) is 36.7 Å². The molecule has 1 aromatic carbocycles. The van der Waals surface area contributed by atoms with Gasteiger partial charge in [0.2, 0.25) is 11.8 Å². The van der Waals surface area contributed by atoms with E-state index in [2.05, 4.69) is 32.2 Å². The molecule has 1 fully saturated rings. The Balaban J connectivity index is 1.64. The van der Waals surface area contributed by atoms with Crippen LogP contribution in [0.3, 0.4) is 0 Å². The summed E-state index contributed by atoms with van der Waals surface area (Å²) in [4.78, 5) is 35.2. The Hall–Kier alpha value is -4.36. The van der Waals surface area contributed by atoms with Gasteiger partial charge in [0, 0.05) is 38.7 Å². The first-order chi connectivity index (χ1) is 19.2. The first kappa shape index (κ1) is 28.6. The largest absolute Gasteiger partial charge is 0.479 e. The van der Waals surface area contributed by atoms with Crippen molar-refractivity contribution in [3.63, 3.8) is 0 Å². The summed E-state index contributed by atoms with van der Waals surface area (Å²) in [5.74, 6) is -0.178. The second-order valence-corrected chi connectivity index (χ2v) is 9.39. The van der Waals surface area contributed by atoms with Crippen molar-refractivity contribution in [3.8, 4) is 5.88 Å². The van der Waals surface area contributed by atoms with Crippen LogP contribution in [0, 0.1) is 11.6 Å². The molecular weight excluding hydrogens is 522 g/mol. The molecule has 40 heavy (non-hydrogen) atoms. The molecule has 0 spiro atoms. The van der Waals surface area contributed by atoms with Gasteiger partial charge in [-0.25, -0.2) is 23.8 Å². The van der Waals surface area contributed by atoms with E-state index in [9.17, 15) is 13.6 Å². The predicted octanol–water partition coefficient (Wildman–Crippen LogP) is 3.91. The number of hydrogen-bond acceptors (Lipinski definition) is 10. The Labute approximate surface area is 231 Å². The first-order valence-electron chi connectivity index (χ1n) is 12.5. The minimum absolute atomic E-state index is 0.272. The summed E-state index contributed by atoms with van der Waals surface area (Å²) >= 11 is 0. The lowest BCUT2D eigenvalue weighted by molar-refractivity contribution is -0.111. The quantitative estimate of drug-likeness (QED) is 0.339. The lowest BCUT2D eigenvalue weighted by Crippen LogP contribution is -2.30. The highest BCUT2D eigenvalue weighted by Crippen LogP contribution is 2.37. The molecule has 3 aromatic rings. The van der Waals surface area contributed by atoms with Crippen molar-refractivity contribution >= 4 is 34.7 Å². The summed E-state index contributed by atoms with van der Waals surface area (Å²) in [6, 6.07) is 6.27. The maximum Gasteiger partial charge on any atom is 0.247 e. The zero-order valence-corrected chi connectivity index (χ0v) is 22.8. The van der Waals surface area contributed by atoms with Crippen LogP contribution < -0.4 is 25.3 Å². The molecule has 1 unspecified atom stereocenters. The second-order valence-electron chi connectivity index (χ2n) is 9.39. The molecule has 4 rings (SSSR count). The van der Waals surface area contributed by atoms with Gasteiger partial charge >= 0.3 is 0 Å². The molecule has 1 saturated heterocycles. The third-order valence-electron chi connectivity index (χ3n) is 6.16. The fraction of sp³-hybridized carbons (Fsp3) is 0.333. The highest BCUT2D eigenvalue weighted by molar-refractivity contribution is 6.01. The van der Waals surface area contributed by atoms with E-state index in [1.54, 1.807) is 12.1 Å². The molecule has 0 radical (unpaired) electrons. The fourth-order valence-electron chi connectivity index (χ4n) is 4.19. The van der Waals surface area contributed by atoms with Crippen LogP contribution in [-0.4, -0.2) is 73.7 Å². The van der Waals surface area contributed by atoms with Crippen LogP contribution in [0.1, 0.15) is 18.0 Å². The third kappa shape index (κ3) is 6.79. The van der Waals surface area contributed by atoms with Gasteiger partial charge in [0.15, 0.2) is 11.6 Å². The number of carbonyl (C=O) groups is 1. The molecule has 2 aromatic heterocycles. The minimum Gasteiger partial charge on any atom is -0.479 e. The summed E-state index contributed by atoms with van der Waals surface area (Å²) < 4.78 is 33.3. The van der Waals surface area contributed by atoms with Crippen molar-refractivity contribution < 1.29 is 23.1 Å². The highest BCUT2D eigenvalue weighted by atomic mass is 19.1. The van der Waals surface area contributed by atoms with E-state index in [0.717, 1.165) is 12.6 Å². The molecular formula is C27H32F2N8O3. The number of hydrogen-bond donors (Lipinski definition) is 2. The van der Waals surface area contributed by atoms with Gasteiger partial charge < -0.3 is 25.2 Å². The fourth-order valence-corrected chi connectivity index (χ4v) is 4.19. The summed E-state index contributed by atoms with van der Waals surface area (Å²) in [7, 11) is 7.30. The highest BCUT2D eigenvalue weighted by Gasteiger charge is 2.30. The number of carbonyl (C=O) groups excluding carboxylic acids is 1. The molecule has 0 aliphatic carbocycles. The van der Waals surface area contributed by atoms with Crippen LogP contribution in [-0.2, 0) is 9.63 Å². The van der Waals surface area contributed by atoms with E-state index < -0.39 is 23.6 Å². The Morgan fingerprint density at radius 1 is 1.15 bits per heavy atom. The zero-order chi connectivity index (χ0) is 28.8. The van der Waals surface area contributed by atoms with Gasteiger partial charge in [-0.1, -0.05) is 6.58 Å². The summed E-state index contributed by atoms with van der Waals surface area (Å²) in [5.41, 5.74) is 1.31. The molecule has 1 aliphatic rings. The molecule has 0 saturated carbocycles. The number of hydroxylamine groups is 1. The van der Waals surface area contributed by atoms with Crippen LogP contribution in [0.25, 0.3) is 0 Å². The molecule has 1 atom stereocenters. The number of rotatable bonds is 11. The van der Waals surface area contributed by atoms with Crippen LogP contribution in [0.15, 0.2) is 49.3 Å². The van der Waals surface area contributed by atoms with Crippen molar-refractivity contribution in [2.75, 3.05) is 68.5 Å². The van der Waals surface area contributed by atoms with Gasteiger partial charge in [0.1, 0.15) is 29.5 Å². The minimum atomic E-state index is -0.665. The summed E-state index contributed by atoms with van der Waals surface area (Å²) in [6.07, 6.45) is 3.03. The number of ether oxygens (including phenoxy) is 1. The molecule has 212 valence electrons. The summed E-state index contributed by atoms with van der Waals surface area (Å²) in [6.45, 7) is 5.29. The number of amides is 1. The van der Waals surface area contributed by atoms with Crippen LogP contribution in [0.2, 0.25) is 0 Å². The van der Waals surface area contributed by atoms with Crippen molar-refractivity contribution in [2.45, 2.75) is 12.5 Å². The Bertz CT molecular complexity index is 1350. The molecule has 1 amide bonds. The van der Waals surface area contributed by atoms with E-state index in [0.29, 0.717) is 54.0 Å². The lowest BCUT2D eigenvalue weighted by atomic mass is 10.0. The van der Waals surface area contributed by atoms with Crippen LogP contribution in [0.5, 0.6) is 5.88 Å². The summed E-state index contributed by atoms with van der Waals surface area (Å²) in [5, 5.41) is 7.48. The van der Waals surface area contributed by atoms with E-state index in [4.69, 9.17) is 9.57 Å². The van der Waals surface area contributed by atoms with Gasteiger partial charge in [-0.05, 0) is 43.9 Å². The maximum atomic E-state index is 13.9. The molecule has 1 aliphatic heterocycles. The average Bonchev–Trinajstić information content (AvgIpc) is 3.42. The van der Waals surface area contributed by atoms with Gasteiger partial charge in [-0.2, -0.15) is 4.98 Å². The molecule has 2 N–H and O–H groups in total. The Kier molecular flexibility index (Phi) is 9.07. The molecule has 0 bridgehead atoms. The van der Waals surface area contributed by atoms with E-state index >= 15 is 0 Å². The molecule has 13 heteroatoms. The van der Waals surface area contributed by atoms with Gasteiger partial charge in [0.05, 0.1) is 25.4 Å². The zero-order valence-electron chi connectivity index (χ0n) is 22.8. The van der Waals surface area contributed by atoms with Crippen molar-refractivity contribution in [1.29, 1.82) is 0 Å². The number of nitrogens with one attached hydrogen (secondary N) is 2. The van der Waals surface area contributed by atoms with E-state index in [1.807, 2.05) is 30.9 Å². The van der Waals surface area contributed by atoms with Gasteiger partial charge in [-0.15, -0.1) is 0 Å². The first-order valence-corrected chi connectivity index (χ1v) is 12.5. The number of pyridine rings is 1. The molecule has 11 nitrogen and oxygen atoms in total. The topological polar surface area (TPSA) is 108 Å². The number of anilines is 5. The Morgan fingerprint density at radius 2 is 1.90 bits per heavy atom. The van der Waals surface area contributed by atoms with Gasteiger partial charge in [-0.3, -0.25) is 9.63 Å². The number of benzene rings is 1. The monoisotopic (exact) mass is 554 g/mol. The maximum absolute atomic E-state index is 13.9. The SMILES string of the molecule is C=CC(=O)Nc1cc(Nc2cc(N3OCCC3c3cc(F)cc(F)c3)ncn2)c(OC)nc1N(C)CCN(C)C. The second kappa shape index (κ2) is 12.7. The van der Waals surface area contributed by atoms with Crippen LogP contribution >= 0.6 is 0 Å². The van der Waals surface area contributed by atoms with Crippen molar-refractivity contribution in [1.82, 2.24) is 19.9 Å². The number of halogens is 2.